The molecule has 0 heterocycles. The van der Waals surface area contributed by atoms with Crippen molar-refractivity contribution in [2.45, 2.75) is 19.1 Å². The number of carbonyl (C=O) groups excluding carboxylic acids is 2. The fraction of sp³-hybridized carbons (Fsp3) is 0.333. The molecule has 2 atom stereocenters. The molecule has 104 valence electrons. The summed E-state index contributed by atoms with van der Waals surface area (Å²) >= 11 is 0. The van der Waals surface area contributed by atoms with Crippen molar-refractivity contribution in [3.63, 3.8) is 0 Å². The third-order valence-corrected chi connectivity index (χ3v) is 2.45. The van der Waals surface area contributed by atoms with E-state index in [0.717, 1.165) is 12.1 Å². The second-order valence-corrected chi connectivity index (χ2v) is 3.78. The van der Waals surface area contributed by atoms with Crippen LogP contribution in [0.5, 0.6) is 5.75 Å². The molecule has 0 radical (unpaired) electrons. The molecule has 7 heteroatoms. The zero-order valence-electron chi connectivity index (χ0n) is 10.2. The highest BCUT2D eigenvalue weighted by Gasteiger charge is 2.27. The predicted molar refractivity (Wildman–Crippen MR) is 64.2 cm³/mol. The molecule has 7 nitrogen and oxygen atoms in total. The molecule has 5 N–H and O–H groups in total. The summed E-state index contributed by atoms with van der Waals surface area (Å²) in [6.45, 7) is 1.62. The van der Waals surface area contributed by atoms with Crippen LogP contribution in [0.2, 0.25) is 0 Å². The van der Waals surface area contributed by atoms with Crippen LogP contribution in [0.3, 0.4) is 0 Å². The van der Waals surface area contributed by atoms with Gasteiger partial charge in [0.25, 0.3) is 5.91 Å². The summed E-state index contributed by atoms with van der Waals surface area (Å²) < 4.78 is 4.56. The van der Waals surface area contributed by atoms with Gasteiger partial charge in [0.15, 0.2) is 6.10 Å². The maximum atomic E-state index is 11.3. The number of benzene rings is 1. The lowest BCUT2D eigenvalue weighted by molar-refractivity contribution is -0.159. The van der Waals surface area contributed by atoms with E-state index in [1.807, 2.05) is 0 Å². The minimum absolute atomic E-state index is 0.0602. The molecule has 0 bridgehead atoms. The van der Waals surface area contributed by atoms with E-state index in [2.05, 4.69) is 4.74 Å². The van der Waals surface area contributed by atoms with Crippen molar-refractivity contribution >= 4 is 11.9 Å². The van der Waals surface area contributed by atoms with Crippen molar-refractivity contribution < 1.29 is 29.6 Å². The van der Waals surface area contributed by atoms with E-state index in [1.54, 1.807) is 6.92 Å². The molecule has 0 spiro atoms. The lowest BCUT2D eigenvalue weighted by Crippen LogP contribution is -2.30. The average Bonchev–Trinajstić information content (AvgIpc) is 2.37. The van der Waals surface area contributed by atoms with E-state index in [1.165, 1.54) is 6.07 Å². The molecule has 0 aliphatic carbocycles. The van der Waals surface area contributed by atoms with Crippen molar-refractivity contribution in [3.05, 3.63) is 29.3 Å². The summed E-state index contributed by atoms with van der Waals surface area (Å²) in [6.07, 6.45) is -3.37. The number of phenols is 1. The van der Waals surface area contributed by atoms with Gasteiger partial charge in [0, 0.05) is 0 Å². The van der Waals surface area contributed by atoms with Crippen LogP contribution in [0.25, 0.3) is 0 Å². The van der Waals surface area contributed by atoms with Gasteiger partial charge in [0.2, 0.25) is 0 Å². The Kier molecular flexibility index (Phi) is 4.85. The Morgan fingerprint density at radius 2 is 2.00 bits per heavy atom. The van der Waals surface area contributed by atoms with Gasteiger partial charge in [-0.25, -0.2) is 4.79 Å². The van der Waals surface area contributed by atoms with Crippen LogP contribution in [-0.2, 0) is 9.53 Å². The van der Waals surface area contributed by atoms with Crippen LogP contribution < -0.4 is 5.73 Å². The number of primary amides is 1. The van der Waals surface area contributed by atoms with E-state index in [0.29, 0.717) is 0 Å². The van der Waals surface area contributed by atoms with Gasteiger partial charge in [-0.1, -0.05) is 6.07 Å². The molecular weight excluding hydrogens is 254 g/mol. The van der Waals surface area contributed by atoms with Crippen molar-refractivity contribution in [1.82, 2.24) is 0 Å². The molecule has 0 aliphatic rings. The lowest BCUT2D eigenvalue weighted by Gasteiger charge is -2.17. The number of aliphatic hydroxyl groups excluding tert-OH is 2. The molecule has 0 aliphatic heterocycles. The number of rotatable bonds is 5. The number of amides is 1. The highest BCUT2D eigenvalue weighted by Crippen LogP contribution is 2.24. The van der Waals surface area contributed by atoms with E-state index in [4.69, 9.17) is 5.73 Å². The van der Waals surface area contributed by atoms with Crippen molar-refractivity contribution in [3.8, 4) is 5.75 Å². The smallest absolute Gasteiger partial charge is 0.338 e. The molecule has 1 aromatic rings. The Labute approximate surface area is 109 Å². The maximum Gasteiger partial charge on any atom is 0.338 e. The summed E-state index contributed by atoms with van der Waals surface area (Å²) in [5, 5.41) is 28.7. The van der Waals surface area contributed by atoms with Gasteiger partial charge in [-0.15, -0.1) is 0 Å². The maximum absolute atomic E-state index is 11.3. The first-order valence-corrected chi connectivity index (χ1v) is 5.54. The van der Waals surface area contributed by atoms with Gasteiger partial charge in [0.05, 0.1) is 12.2 Å². The number of carbonyl (C=O) groups is 2. The van der Waals surface area contributed by atoms with E-state index in [-0.39, 0.29) is 23.5 Å². The SMILES string of the molecule is CCOC(=O)C(O)C(O)c1ccc(O)c(C(N)=O)c1. The second kappa shape index (κ2) is 6.17. The normalized spacial score (nSPS) is 13.6. The van der Waals surface area contributed by atoms with Crippen LogP contribution in [0.15, 0.2) is 18.2 Å². The number of ether oxygens (including phenoxy) is 1. The molecule has 2 unspecified atom stereocenters. The number of aliphatic hydroxyl groups is 2. The summed E-state index contributed by atoms with van der Waals surface area (Å²) in [5.41, 5.74) is 4.88. The molecular formula is C12H15NO6. The van der Waals surface area contributed by atoms with Crippen LogP contribution in [-0.4, -0.2) is 39.9 Å². The highest BCUT2D eigenvalue weighted by molar-refractivity contribution is 5.95. The van der Waals surface area contributed by atoms with Crippen LogP contribution in [0.1, 0.15) is 28.9 Å². The molecule has 0 saturated heterocycles. The monoisotopic (exact) mass is 269 g/mol. The van der Waals surface area contributed by atoms with Gasteiger partial charge < -0.3 is 25.8 Å². The van der Waals surface area contributed by atoms with E-state index in [9.17, 15) is 24.9 Å². The van der Waals surface area contributed by atoms with Gasteiger partial charge in [-0.05, 0) is 24.6 Å². The number of esters is 1. The first-order valence-electron chi connectivity index (χ1n) is 5.54. The van der Waals surface area contributed by atoms with Gasteiger partial charge in [-0.3, -0.25) is 4.79 Å². The van der Waals surface area contributed by atoms with Crippen molar-refractivity contribution in [2.24, 2.45) is 5.73 Å². The van der Waals surface area contributed by atoms with Crippen LogP contribution >= 0.6 is 0 Å². The number of aromatic hydroxyl groups is 1. The van der Waals surface area contributed by atoms with E-state index < -0.39 is 24.1 Å². The highest BCUT2D eigenvalue weighted by atomic mass is 16.5. The quantitative estimate of drug-likeness (QED) is 0.530. The zero-order chi connectivity index (χ0) is 14.6. The average molecular weight is 269 g/mol. The fourth-order valence-electron chi connectivity index (χ4n) is 1.47. The molecule has 0 aromatic heterocycles. The molecule has 1 aromatic carbocycles. The fourth-order valence-corrected chi connectivity index (χ4v) is 1.47. The third-order valence-electron chi connectivity index (χ3n) is 2.45. The van der Waals surface area contributed by atoms with Gasteiger partial charge in [-0.2, -0.15) is 0 Å². The molecule has 19 heavy (non-hydrogen) atoms. The molecule has 0 fully saturated rings. The number of hydrogen-bond donors (Lipinski definition) is 4. The Hall–Kier alpha value is -2.12. The summed E-state index contributed by atoms with van der Waals surface area (Å²) in [7, 11) is 0. The Morgan fingerprint density at radius 3 is 2.53 bits per heavy atom. The van der Waals surface area contributed by atoms with Gasteiger partial charge >= 0.3 is 5.97 Å². The molecule has 1 rings (SSSR count). The molecule has 1 amide bonds. The second-order valence-electron chi connectivity index (χ2n) is 3.78. The Balaban J connectivity index is 3.00. The first kappa shape index (κ1) is 14.9. The topological polar surface area (TPSA) is 130 Å². The largest absolute Gasteiger partial charge is 0.507 e. The van der Waals surface area contributed by atoms with Crippen LogP contribution in [0.4, 0.5) is 0 Å². The summed E-state index contributed by atoms with van der Waals surface area (Å²) in [4.78, 5) is 22.3. The van der Waals surface area contributed by atoms with E-state index >= 15 is 0 Å². The summed E-state index contributed by atoms with van der Waals surface area (Å²) in [5.74, 6) is -2.23. The minimum atomic E-state index is -1.79. The van der Waals surface area contributed by atoms with Crippen molar-refractivity contribution in [1.29, 1.82) is 0 Å². The standard InChI is InChI=1S/C12H15NO6/c1-2-19-12(18)10(16)9(15)6-3-4-8(14)7(5-6)11(13)17/h3-5,9-10,14-16H,2H2,1H3,(H2,13,17). The Bertz CT molecular complexity index is 487. The number of nitrogens with two attached hydrogens (primary N) is 1. The summed E-state index contributed by atoms with van der Waals surface area (Å²) in [6, 6.07) is 3.50. The molecule has 0 saturated carbocycles. The zero-order valence-corrected chi connectivity index (χ0v) is 10.2. The Morgan fingerprint density at radius 1 is 1.37 bits per heavy atom. The lowest BCUT2D eigenvalue weighted by atomic mass is 10.0. The predicted octanol–water partition coefficient (Wildman–Crippen LogP) is -0.552. The number of hydrogen-bond acceptors (Lipinski definition) is 6. The van der Waals surface area contributed by atoms with Gasteiger partial charge in [0.1, 0.15) is 11.9 Å². The minimum Gasteiger partial charge on any atom is -0.507 e. The van der Waals surface area contributed by atoms with Crippen LogP contribution in [0, 0.1) is 0 Å². The third kappa shape index (κ3) is 3.43. The first-order chi connectivity index (χ1) is 8.88. The van der Waals surface area contributed by atoms with Crippen molar-refractivity contribution in [2.75, 3.05) is 6.61 Å².